The maximum absolute atomic E-state index is 12.1. The lowest BCUT2D eigenvalue weighted by atomic mass is 10.0. The Kier molecular flexibility index (Phi) is 5.93. The standard InChI is InChI=1S/C18H19BrN2O2/c1-12-4-3-5-13(2)17(12)18(22)23-21-16(20)11-8-14-6-9-15(19)10-7-14/h3-7,9-10H,8,11H2,1-2H3,(H2,20,21). The zero-order valence-electron chi connectivity index (χ0n) is 13.2. The number of halogens is 1. The van der Waals surface area contributed by atoms with Crippen LogP contribution in [-0.2, 0) is 11.3 Å². The van der Waals surface area contributed by atoms with Crippen molar-refractivity contribution in [2.75, 3.05) is 0 Å². The molecule has 2 rings (SSSR count). The molecule has 2 aromatic carbocycles. The van der Waals surface area contributed by atoms with E-state index in [1.54, 1.807) is 0 Å². The summed E-state index contributed by atoms with van der Waals surface area (Å²) >= 11 is 3.39. The van der Waals surface area contributed by atoms with E-state index in [0.29, 0.717) is 17.8 Å². The van der Waals surface area contributed by atoms with Gasteiger partial charge in [-0.25, -0.2) is 4.79 Å². The summed E-state index contributed by atoms with van der Waals surface area (Å²) in [7, 11) is 0. The number of benzene rings is 2. The fraction of sp³-hybridized carbons (Fsp3) is 0.222. The molecular weight excluding hydrogens is 356 g/mol. The Hall–Kier alpha value is -2.14. The second kappa shape index (κ2) is 7.92. The van der Waals surface area contributed by atoms with Gasteiger partial charge in [0, 0.05) is 10.9 Å². The molecule has 5 heteroatoms. The van der Waals surface area contributed by atoms with Crippen molar-refractivity contribution in [2.45, 2.75) is 26.7 Å². The highest BCUT2D eigenvalue weighted by molar-refractivity contribution is 9.10. The van der Waals surface area contributed by atoms with Gasteiger partial charge in [-0.15, -0.1) is 0 Å². The van der Waals surface area contributed by atoms with E-state index in [1.165, 1.54) is 0 Å². The summed E-state index contributed by atoms with van der Waals surface area (Å²) in [4.78, 5) is 17.1. The molecule has 0 aliphatic carbocycles. The largest absolute Gasteiger partial charge is 0.384 e. The number of nitrogens with zero attached hydrogens (tertiary/aromatic N) is 1. The molecule has 120 valence electrons. The number of hydrogen-bond donors (Lipinski definition) is 1. The van der Waals surface area contributed by atoms with Crippen LogP contribution in [0.15, 0.2) is 52.1 Å². The van der Waals surface area contributed by atoms with E-state index >= 15 is 0 Å². The van der Waals surface area contributed by atoms with Crippen LogP contribution in [0.25, 0.3) is 0 Å². The Morgan fingerprint density at radius 2 is 1.74 bits per heavy atom. The molecule has 4 nitrogen and oxygen atoms in total. The first-order valence-electron chi connectivity index (χ1n) is 7.31. The van der Waals surface area contributed by atoms with Crippen molar-refractivity contribution in [1.82, 2.24) is 0 Å². The Bertz CT molecular complexity index is 704. The minimum Gasteiger partial charge on any atom is -0.384 e. The molecule has 0 radical (unpaired) electrons. The third kappa shape index (κ3) is 4.93. The van der Waals surface area contributed by atoms with Gasteiger partial charge in [0.15, 0.2) is 0 Å². The zero-order valence-corrected chi connectivity index (χ0v) is 14.8. The fourth-order valence-corrected chi connectivity index (χ4v) is 2.52. The first-order chi connectivity index (χ1) is 11.0. The average molecular weight is 375 g/mol. The highest BCUT2D eigenvalue weighted by Crippen LogP contribution is 2.15. The minimum atomic E-state index is -0.479. The number of nitrogens with two attached hydrogens (primary N) is 1. The molecule has 0 atom stereocenters. The molecule has 2 N–H and O–H groups in total. The molecule has 0 saturated heterocycles. The minimum absolute atomic E-state index is 0.299. The molecule has 23 heavy (non-hydrogen) atoms. The van der Waals surface area contributed by atoms with Crippen LogP contribution in [0.1, 0.15) is 33.5 Å². The van der Waals surface area contributed by atoms with E-state index in [0.717, 1.165) is 27.6 Å². The third-order valence-corrected chi connectivity index (χ3v) is 4.04. The molecule has 0 aliphatic rings. The van der Waals surface area contributed by atoms with Crippen LogP contribution >= 0.6 is 15.9 Å². The molecule has 0 amide bonds. The van der Waals surface area contributed by atoms with Crippen molar-refractivity contribution in [2.24, 2.45) is 10.9 Å². The quantitative estimate of drug-likeness (QED) is 0.370. The first-order valence-corrected chi connectivity index (χ1v) is 8.11. The molecule has 0 aromatic heterocycles. The lowest BCUT2D eigenvalue weighted by molar-refractivity contribution is 0.0513. The molecule has 0 saturated carbocycles. The van der Waals surface area contributed by atoms with Gasteiger partial charge in [-0.05, 0) is 49.1 Å². The van der Waals surface area contributed by atoms with Gasteiger partial charge in [0.1, 0.15) is 5.84 Å². The number of oxime groups is 1. The van der Waals surface area contributed by atoms with Crippen LogP contribution in [0.5, 0.6) is 0 Å². The normalized spacial score (nSPS) is 11.3. The van der Waals surface area contributed by atoms with Gasteiger partial charge in [-0.3, -0.25) is 0 Å². The lowest BCUT2D eigenvalue weighted by Crippen LogP contribution is -2.15. The van der Waals surface area contributed by atoms with Crippen molar-refractivity contribution < 1.29 is 9.63 Å². The molecule has 0 unspecified atom stereocenters. The van der Waals surface area contributed by atoms with Crippen LogP contribution < -0.4 is 5.73 Å². The number of carbonyl (C=O) groups is 1. The highest BCUT2D eigenvalue weighted by atomic mass is 79.9. The maximum atomic E-state index is 12.1. The second-order valence-electron chi connectivity index (χ2n) is 5.35. The molecular formula is C18H19BrN2O2. The Labute approximate surface area is 144 Å². The van der Waals surface area contributed by atoms with Gasteiger partial charge < -0.3 is 10.6 Å². The summed E-state index contributed by atoms with van der Waals surface area (Å²) in [6, 6.07) is 13.6. The van der Waals surface area contributed by atoms with Crippen molar-refractivity contribution in [3.8, 4) is 0 Å². The summed E-state index contributed by atoms with van der Waals surface area (Å²) < 4.78 is 1.03. The smallest absolute Gasteiger partial charge is 0.366 e. The van der Waals surface area contributed by atoms with Gasteiger partial charge in [-0.2, -0.15) is 0 Å². The van der Waals surface area contributed by atoms with Crippen molar-refractivity contribution in [3.63, 3.8) is 0 Å². The van der Waals surface area contributed by atoms with Crippen LogP contribution in [0.3, 0.4) is 0 Å². The summed E-state index contributed by atoms with van der Waals surface area (Å²) in [5, 5.41) is 3.75. The van der Waals surface area contributed by atoms with Crippen LogP contribution in [0.4, 0.5) is 0 Å². The van der Waals surface area contributed by atoms with Crippen molar-refractivity contribution in [1.29, 1.82) is 0 Å². The zero-order chi connectivity index (χ0) is 16.8. The lowest BCUT2D eigenvalue weighted by Gasteiger charge is -2.06. The predicted octanol–water partition coefficient (Wildman–Crippen LogP) is 4.13. The van der Waals surface area contributed by atoms with Gasteiger partial charge >= 0.3 is 5.97 Å². The van der Waals surface area contributed by atoms with Crippen molar-refractivity contribution in [3.05, 3.63) is 69.2 Å². The molecule has 0 spiro atoms. The van der Waals surface area contributed by atoms with Crippen LogP contribution in [-0.4, -0.2) is 11.8 Å². The first kappa shape index (κ1) is 17.2. The van der Waals surface area contributed by atoms with E-state index < -0.39 is 5.97 Å². The number of carbonyl (C=O) groups excluding carboxylic acids is 1. The molecule has 0 aliphatic heterocycles. The number of rotatable bonds is 5. The molecule has 0 bridgehead atoms. The average Bonchev–Trinajstić information content (AvgIpc) is 2.52. The maximum Gasteiger partial charge on any atom is 0.366 e. The van der Waals surface area contributed by atoms with Gasteiger partial charge in [0.25, 0.3) is 0 Å². The summed E-state index contributed by atoms with van der Waals surface area (Å²) in [5.74, 6) is -0.181. The highest BCUT2D eigenvalue weighted by Gasteiger charge is 2.13. The monoisotopic (exact) mass is 374 g/mol. The predicted molar refractivity (Wildman–Crippen MR) is 95.4 cm³/mol. The van der Waals surface area contributed by atoms with E-state index in [4.69, 9.17) is 10.6 Å². The van der Waals surface area contributed by atoms with Gasteiger partial charge in [-0.1, -0.05) is 51.4 Å². The Morgan fingerprint density at radius 1 is 1.13 bits per heavy atom. The summed E-state index contributed by atoms with van der Waals surface area (Å²) in [6.45, 7) is 3.73. The SMILES string of the molecule is Cc1cccc(C)c1C(=O)ON=C(N)CCc1ccc(Br)cc1. The van der Waals surface area contributed by atoms with E-state index in [1.807, 2.05) is 56.3 Å². The summed E-state index contributed by atoms with van der Waals surface area (Å²) in [6.07, 6.45) is 1.27. The number of hydrogen-bond acceptors (Lipinski definition) is 3. The summed E-state index contributed by atoms with van der Waals surface area (Å²) in [5.41, 5.74) is 9.22. The van der Waals surface area contributed by atoms with E-state index in [2.05, 4.69) is 21.1 Å². The Morgan fingerprint density at radius 3 is 2.35 bits per heavy atom. The molecule has 0 fully saturated rings. The van der Waals surface area contributed by atoms with E-state index in [9.17, 15) is 4.79 Å². The van der Waals surface area contributed by atoms with Crippen LogP contribution in [0.2, 0.25) is 0 Å². The number of aryl methyl sites for hydroxylation is 3. The second-order valence-corrected chi connectivity index (χ2v) is 6.27. The molecule has 0 heterocycles. The van der Waals surface area contributed by atoms with Gasteiger partial charge in [0.2, 0.25) is 0 Å². The van der Waals surface area contributed by atoms with Crippen LogP contribution in [0, 0.1) is 13.8 Å². The van der Waals surface area contributed by atoms with Gasteiger partial charge in [0.05, 0.1) is 5.56 Å². The topological polar surface area (TPSA) is 64.7 Å². The third-order valence-electron chi connectivity index (χ3n) is 3.51. The van der Waals surface area contributed by atoms with E-state index in [-0.39, 0.29) is 0 Å². The number of amidine groups is 1. The fourth-order valence-electron chi connectivity index (χ4n) is 2.25. The Balaban J connectivity index is 1.94. The molecule has 2 aromatic rings. The van der Waals surface area contributed by atoms with Crippen molar-refractivity contribution >= 4 is 27.7 Å².